The smallest absolute Gasteiger partial charge is 0.246 e. The Morgan fingerprint density at radius 2 is 1.68 bits per heavy atom. The van der Waals surface area contributed by atoms with E-state index in [4.69, 9.17) is 34.8 Å². The number of nitrogens with zero attached hydrogens (tertiary/aromatic N) is 1. The zero-order valence-electron chi connectivity index (χ0n) is 11.9. The maximum absolute atomic E-state index is 12.1. The van der Waals surface area contributed by atoms with Crippen molar-refractivity contribution in [2.45, 2.75) is 6.54 Å². The molecule has 1 amide bonds. The van der Waals surface area contributed by atoms with Gasteiger partial charge < -0.3 is 4.90 Å². The summed E-state index contributed by atoms with van der Waals surface area (Å²) in [5.74, 6) is -0.110. The van der Waals surface area contributed by atoms with Gasteiger partial charge in [-0.3, -0.25) is 4.79 Å². The maximum Gasteiger partial charge on any atom is 0.246 e. The highest BCUT2D eigenvalue weighted by molar-refractivity contribution is 6.35. The molecular weight excluding hydrogens is 341 g/mol. The van der Waals surface area contributed by atoms with Crippen molar-refractivity contribution in [2.24, 2.45) is 0 Å². The molecule has 0 spiro atoms. The molecule has 0 radical (unpaired) electrons. The van der Waals surface area contributed by atoms with Crippen molar-refractivity contribution in [2.75, 3.05) is 7.05 Å². The van der Waals surface area contributed by atoms with Crippen LogP contribution in [0.5, 0.6) is 0 Å². The van der Waals surface area contributed by atoms with Crippen LogP contribution in [0.3, 0.4) is 0 Å². The number of carbonyl (C=O) groups is 1. The van der Waals surface area contributed by atoms with Crippen molar-refractivity contribution in [3.63, 3.8) is 0 Å². The summed E-state index contributed by atoms with van der Waals surface area (Å²) in [6.07, 6.45) is 3.17. The van der Waals surface area contributed by atoms with Gasteiger partial charge >= 0.3 is 0 Å². The third-order valence-electron chi connectivity index (χ3n) is 3.08. The number of hydrogen-bond acceptors (Lipinski definition) is 1. The highest BCUT2D eigenvalue weighted by atomic mass is 35.5. The van der Waals surface area contributed by atoms with Gasteiger partial charge in [-0.25, -0.2) is 0 Å². The molecule has 0 saturated heterocycles. The van der Waals surface area contributed by atoms with Crippen molar-refractivity contribution in [3.05, 3.63) is 74.7 Å². The van der Waals surface area contributed by atoms with Crippen LogP contribution in [-0.2, 0) is 11.3 Å². The number of likely N-dealkylation sites (N-methyl/N-ethyl adjacent to an activating group) is 1. The Morgan fingerprint density at radius 3 is 2.32 bits per heavy atom. The van der Waals surface area contributed by atoms with Crippen molar-refractivity contribution in [1.82, 2.24) is 4.90 Å². The van der Waals surface area contributed by atoms with E-state index in [-0.39, 0.29) is 5.91 Å². The predicted molar refractivity (Wildman–Crippen MR) is 93.4 cm³/mol. The third kappa shape index (κ3) is 4.77. The largest absolute Gasteiger partial charge is 0.338 e. The average Bonchev–Trinajstić information content (AvgIpc) is 2.48. The van der Waals surface area contributed by atoms with Crippen LogP contribution in [0.1, 0.15) is 11.1 Å². The van der Waals surface area contributed by atoms with Gasteiger partial charge in [-0.2, -0.15) is 0 Å². The van der Waals surface area contributed by atoms with E-state index >= 15 is 0 Å². The third-order valence-corrected chi connectivity index (χ3v) is 3.89. The fraction of sp³-hybridized carbons (Fsp3) is 0.118. The molecule has 0 bridgehead atoms. The molecule has 2 nitrogen and oxygen atoms in total. The molecule has 0 heterocycles. The number of hydrogen-bond donors (Lipinski definition) is 0. The minimum atomic E-state index is -0.110. The zero-order chi connectivity index (χ0) is 16.1. The normalized spacial score (nSPS) is 10.9. The molecule has 0 atom stereocenters. The van der Waals surface area contributed by atoms with Crippen molar-refractivity contribution in [1.29, 1.82) is 0 Å². The Labute approximate surface area is 144 Å². The molecule has 0 fully saturated rings. The van der Waals surface area contributed by atoms with E-state index < -0.39 is 0 Å². The van der Waals surface area contributed by atoms with Crippen molar-refractivity contribution in [3.8, 4) is 0 Å². The summed E-state index contributed by atoms with van der Waals surface area (Å²) in [7, 11) is 1.74. The summed E-state index contributed by atoms with van der Waals surface area (Å²) in [5, 5.41) is 1.75. The first-order chi connectivity index (χ1) is 10.5. The van der Waals surface area contributed by atoms with Gasteiger partial charge in [0.05, 0.1) is 0 Å². The van der Waals surface area contributed by atoms with Gasteiger partial charge in [0.1, 0.15) is 0 Å². The first kappa shape index (κ1) is 16.9. The van der Waals surface area contributed by atoms with E-state index in [1.807, 2.05) is 12.1 Å². The number of halogens is 3. The second-order valence-electron chi connectivity index (χ2n) is 4.82. The standard InChI is InChI=1S/C17H14Cl3NO/c1-21(11-12-2-6-14(18)7-3-12)17(22)9-5-13-4-8-15(19)10-16(13)20/h2-10H,11H2,1H3/b9-5+. The summed E-state index contributed by atoms with van der Waals surface area (Å²) >= 11 is 17.7. The van der Waals surface area contributed by atoms with Crippen molar-refractivity contribution >= 4 is 46.8 Å². The van der Waals surface area contributed by atoms with Crippen LogP contribution in [-0.4, -0.2) is 17.9 Å². The highest BCUT2D eigenvalue weighted by Crippen LogP contribution is 2.22. The molecule has 22 heavy (non-hydrogen) atoms. The average molecular weight is 355 g/mol. The summed E-state index contributed by atoms with van der Waals surface area (Å²) in [6, 6.07) is 12.5. The highest BCUT2D eigenvalue weighted by Gasteiger charge is 2.06. The molecule has 0 aromatic heterocycles. The second kappa shape index (κ2) is 7.68. The van der Waals surface area contributed by atoms with E-state index in [9.17, 15) is 4.79 Å². The lowest BCUT2D eigenvalue weighted by Crippen LogP contribution is -2.24. The molecule has 5 heteroatoms. The molecule has 0 saturated carbocycles. The minimum Gasteiger partial charge on any atom is -0.338 e. The van der Waals surface area contributed by atoms with Gasteiger partial charge in [0.15, 0.2) is 0 Å². The van der Waals surface area contributed by atoms with Gasteiger partial charge in [-0.1, -0.05) is 53.0 Å². The molecule has 2 rings (SSSR count). The van der Waals surface area contributed by atoms with E-state index in [0.717, 1.165) is 11.1 Å². The lowest BCUT2D eigenvalue weighted by atomic mass is 10.2. The van der Waals surface area contributed by atoms with Crippen LogP contribution in [0.2, 0.25) is 15.1 Å². The first-order valence-corrected chi connectivity index (χ1v) is 7.72. The predicted octanol–water partition coefficient (Wildman–Crippen LogP) is 5.32. The van der Waals surface area contributed by atoms with Crippen LogP contribution >= 0.6 is 34.8 Å². The van der Waals surface area contributed by atoms with Crippen LogP contribution in [0.4, 0.5) is 0 Å². The lowest BCUT2D eigenvalue weighted by molar-refractivity contribution is -0.125. The quantitative estimate of drug-likeness (QED) is 0.681. The van der Waals surface area contributed by atoms with E-state index in [1.54, 1.807) is 48.4 Å². The molecule has 0 N–H and O–H groups in total. The SMILES string of the molecule is CN(Cc1ccc(Cl)cc1)C(=O)/C=C/c1ccc(Cl)cc1Cl. The molecule has 0 aliphatic rings. The Bertz CT molecular complexity index is 696. The summed E-state index contributed by atoms with van der Waals surface area (Å²) < 4.78 is 0. The second-order valence-corrected chi connectivity index (χ2v) is 6.10. The van der Waals surface area contributed by atoms with Gasteiger partial charge in [0, 0.05) is 34.7 Å². The Morgan fingerprint density at radius 1 is 1.05 bits per heavy atom. The maximum atomic E-state index is 12.1. The summed E-state index contributed by atoms with van der Waals surface area (Å²) in [6.45, 7) is 0.509. The Hall–Kier alpha value is -1.48. The van der Waals surface area contributed by atoms with Gasteiger partial charge in [-0.05, 0) is 41.5 Å². The summed E-state index contributed by atoms with van der Waals surface area (Å²) in [4.78, 5) is 13.7. The van der Waals surface area contributed by atoms with E-state index in [0.29, 0.717) is 21.6 Å². The fourth-order valence-electron chi connectivity index (χ4n) is 1.87. The van der Waals surface area contributed by atoms with E-state index in [2.05, 4.69) is 0 Å². The van der Waals surface area contributed by atoms with Gasteiger partial charge in [-0.15, -0.1) is 0 Å². The van der Waals surface area contributed by atoms with E-state index in [1.165, 1.54) is 6.08 Å². The summed E-state index contributed by atoms with van der Waals surface area (Å²) in [5.41, 5.74) is 1.76. The number of carbonyl (C=O) groups excluding carboxylic acids is 1. The van der Waals surface area contributed by atoms with Gasteiger partial charge in [0.2, 0.25) is 5.91 Å². The van der Waals surface area contributed by atoms with Crippen LogP contribution in [0.15, 0.2) is 48.5 Å². The lowest BCUT2D eigenvalue weighted by Gasteiger charge is -2.15. The number of rotatable bonds is 4. The molecule has 2 aromatic rings. The molecule has 0 unspecified atom stereocenters. The monoisotopic (exact) mass is 353 g/mol. The minimum absolute atomic E-state index is 0.110. The number of amides is 1. The van der Waals surface area contributed by atoms with Gasteiger partial charge in [0.25, 0.3) is 0 Å². The first-order valence-electron chi connectivity index (χ1n) is 6.58. The van der Waals surface area contributed by atoms with Crippen molar-refractivity contribution < 1.29 is 4.79 Å². The topological polar surface area (TPSA) is 20.3 Å². The Balaban J connectivity index is 2.01. The fourth-order valence-corrected chi connectivity index (χ4v) is 2.46. The molecule has 0 aliphatic heterocycles. The van der Waals surface area contributed by atoms with Crippen LogP contribution < -0.4 is 0 Å². The Kier molecular flexibility index (Phi) is 5.90. The zero-order valence-corrected chi connectivity index (χ0v) is 14.2. The number of benzene rings is 2. The van der Waals surface area contributed by atoms with Crippen LogP contribution in [0, 0.1) is 0 Å². The van der Waals surface area contributed by atoms with Crippen LogP contribution in [0.25, 0.3) is 6.08 Å². The molecule has 2 aromatic carbocycles. The molecule has 0 aliphatic carbocycles. The molecule has 114 valence electrons. The molecular formula is C17H14Cl3NO.